The number of hydrogen-bond acceptors (Lipinski definition) is 2. The number of nitrogens with two attached hydrogens (primary N) is 1. The van der Waals surface area contributed by atoms with Gasteiger partial charge in [-0.1, -0.05) is 6.07 Å². The molecule has 0 saturated carbocycles. The van der Waals surface area contributed by atoms with E-state index in [9.17, 15) is 0 Å². The van der Waals surface area contributed by atoms with Crippen LogP contribution in [0.3, 0.4) is 0 Å². The Morgan fingerprint density at radius 3 is 2.93 bits per heavy atom. The summed E-state index contributed by atoms with van der Waals surface area (Å²) in [7, 11) is 1.73. The summed E-state index contributed by atoms with van der Waals surface area (Å²) >= 11 is 0. The lowest BCUT2D eigenvalue weighted by atomic mass is 9.86. The van der Waals surface area contributed by atoms with E-state index in [4.69, 9.17) is 10.5 Å². The van der Waals surface area contributed by atoms with Crippen molar-refractivity contribution in [1.29, 1.82) is 0 Å². The Morgan fingerprint density at radius 1 is 1.43 bits per heavy atom. The van der Waals surface area contributed by atoms with Crippen LogP contribution in [0.25, 0.3) is 0 Å². The Labute approximate surface area is 85.1 Å². The molecule has 2 heteroatoms. The summed E-state index contributed by atoms with van der Waals surface area (Å²) in [5.41, 5.74) is 9.92. The molecule has 1 aliphatic carbocycles. The van der Waals surface area contributed by atoms with E-state index < -0.39 is 0 Å². The number of ether oxygens (including phenoxy) is 1. The smallest absolute Gasteiger partial charge is 0.122 e. The molecule has 2 N–H and O–H groups in total. The molecule has 0 aromatic heterocycles. The van der Waals surface area contributed by atoms with Crippen molar-refractivity contribution in [3.63, 3.8) is 0 Å². The van der Waals surface area contributed by atoms with Gasteiger partial charge in [0.2, 0.25) is 0 Å². The van der Waals surface area contributed by atoms with Gasteiger partial charge in [0.25, 0.3) is 0 Å². The average molecular weight is 191 g/mol. The minimum Gasteiger partial charge on any atom is -0.496 e. The molecule has 0 radical (unpaired) electrons. The zero-order valence-electron chi connectivity index (χ0n) is 8.84. The van der Waals surface area contributed by atoms with Crippen LogP contribution < -0.4 is 10.5 Å². The van der Waals surface area contributed by atoms with Crippen LogP contribution in [-0.2, 0) is 6.42 Å². The number of hydrogen-bond donors (Lipinski definition) is 1. The standard InChI is InChI=1S/C12H17NO/c1-8-6-10-9(12(7-8)14-2)4-3-5-11(10)13/h6-7,11H,3-5,13H2,1-2H3. The molecule has 0 fully saturated rings. The molecule has 1 unspecified atom stereocenters. The van der Waals surface area contributed by atoms with Gasteiger partial charge in [0.05, 0.1) is 7.11 Å². The Hall–Kier alpha value is -1.02. The third kappa shape index (κ3) is 1.50. The molecule has 1 aliphatic rings. The first-order chi connectivity index (χ1) is 6.72. The minimum atomic E-state index is 0.201. The van der Waals surface area contributed by atoms with Crippen molar-refractivity contribution in [3.05, 3.63) is 28.8 Å². The molecule has 0 bridgehead atoms. The van der Waals surface area contributed by atoms with Crippen molar-refractivity contribution >= 4 is 0 Å². The van der Waals surface area contributed by atoms with Gasteiger partial charge in [0.1, 0.15) is 5.75 Å². The van der Waals surface area contributed by atoms with Crippen LogP contribution in [0.15, 0.2) is 12.1 Å². The summed E-state index contributed by atoms with van der Waals surface area (Å²) in [6, 6.07) is 4.49. The first-order valence-electron chi connectivity index (χ1n) is 5.15. The molecule has 14 heavy (non-hydrogen) atoms. The first kappa shape index (κ1) is 9.53. The fraction of sp³-hybridized carbons (Fsp3) is 0.500. The first-order valence-corrected chi connectivity index (χ1v) is 5.15. The topological polar surface area (TPSA) is 35.2 Å². The number of benzene rings is 1. The lowest BCUT2D eigenvalue weighted by molar-refractivity contribution is 0.403. The zero-order valence-corrected chi connectivity index (χ0v) is 8.84. The summed E-state index contributed by atoms with van der Waals surface area (Å²) in [6.07, 6.45) is 3.37. The van der Waals surface area contributed by atoms with Crippen LogP contribution in [-0.4, -0.2) is 7.11 Å². The van der Waals surface area contributed by atoms with E-state index >= 15 is 0 Å². The molecule has 2 nitrogen and oxygen atoms in total. The van der Waals surface area contributed by atoms with Crippen LogP contribution in [0.2, 0.25) is 0 Å². The van der Waals surface area contributed by atoms with E-state index in [2.05, 4.69) is 19.1 Å². The quantitative estimate of drug-likeness (QED) is 0.739. The molecule has 0 aliphatic heterocycles. The van der Waals surface area contributed by atoms with Crippen molar-refractivity contribution < 1.29 is 4.74 Å². The summed E-state index contributed by atoms with van der Waals surface area (Å²) in [4.78, 5) is 0. The summed E-state index contributed by atoms with van der Waals surface area (Å²) < 4.78 is 5.39. The van der Waals surface area contributed by atoms with E-state index in [0.29, 0.717) is 0 Å². The van der Waals surface area contributed by atoms with Crippen molar-refractivity contribution in [2.45, 2.75) is 32.2 Å². The lowest BCUT2D eigenvalue weighted by Crippen LogP contribution is -2.18. The van der Waals surface area contributed by atoms with Crippen molar-refractivity contribution in [3.8, 4) is 5.75 Å². The van der Waals surface area contributed by atoms with Crippen LogP contribution >= 0.6 is 0 Å². The van der Waals surface area contributed by atoms with Gasteiger partial charge in [-0.2, -0.15) is 0 Å². The van der Waals surface area contributed by atoms with E-state index in [-0.39, 0.29) is 6.04 Å². The van der Waals surface area contributed by atoms with Gasteiger partial charge >= 0.3 is 0 Å². The van der Waals surface area contributed by atoms with Gasteiger partial charge in [0.15, 0.2) is 0 Å². The van der Waals surface area contributed by atoms with Gasteiger partial charge in [-0.05, 0) is 48.9 Å². The number of aryl methyl sites for hydroxylation is 1. The normalized spacial score (nSPS) is 20.4. The number of fused-ring (bicyclic) bond motifs is 1. The van der Waals surface area contributed by atoms with Crippen LogP contribution in [0.4, 0.5) is 0 Å². The Morgan fingerprint density at radius 2 is 2.21 bits per heavy atom. The highest BCUT2D eigenvalue weighted by Gasteiger charge is 2.20. The summed E-state index contributed by atoms with van der Waals surface area (Å²) in [6.45, 7) is 2.09. The molecular weight excluding hydrogens is 174 g/mol. The van der Waals surface area contributed by atoms with Gasteiger partial charge in [-0.15, -0.1) is 0 Å². The van der Waals surface area contributed by atoms with E-state index in [1.54, 1.807) is 7.11 Å². The highest BCUT2D eigenvalue weighted by Crippen LogP contribution is 2.34. The molecule has 0 saturated heterocycles. The summed E-state index contributed by atoms with van der Waals surface area (Å²) in [5.74, 6) is 1.01. The van der Waals surface area contributed by atoms with E-state index in [1.807, 2.05) is 0 Å². The second-order valence-electron chi connectivity index (χ2n) is 4.03. The predicted molar refractivity (Wildman–Crippen MR) is 57.6 cm³/mol. The second-order valence-corrected chi connectivity index (χ2v) is 4.03. The molecule has 1 atom stereocenters. The van der Waals surface area contributed by atoms with Gasteiger partial charge in [-0.3, -0.25) is 0 Å². The Bertz CT molecular complexity index is 346. The molecule has 1 aromatic carbocycles. The maximum Gasteiger partial charge on any atom is 0.122 e. The summed E-state index contributed by atoms with van der Waals surface area (Å²) in [5, 5.41) is 0. The van der Waals surface area contributed by atoms with Gasteiger partial charge < -0.3 is 10.5 Å². The third-order valence-corrected chi connectivity index (χ3v) is 2.95. The molecule has 0 heterocycles. The predicted octanol–water partition coefficient (Wildman–Crippen LogP) is 2.34. The van der Waals surface area contributed by atoms with Gasteiger partial charge in [-0.25, -0.2) is 0 Å². The highest BCUT2D eigenvalue weighted by atomic mass is 16.5. The maximum atomic E-state index is 6.08. The minimum absolute atomic E-state index is 0.201. The molecule has 1 aromatic rings. The van der Waals surface area contributed by atoms with Crippen molar-refractivity contribution in [1.82, 2.24) is 0 Å². The van der Waals surface area contributed by atoms with Crippen molar-refractivity contribution in [2.24, 2.45) is 5.73 Å². The average Bonchev–Trinajstić information content (AvgIpc) is 2.18. The fourth-order valence-corrected chi connectivity index (χ4v) is 2.24. The molecule has 0 spiro atoms. The van der Waals surface area contributed by atoms with E-state index in [0.717, 1.165) is 18.6 Å². The molecule has 0 amide bonds. The largest absolute Gasteiger partial charge is 0.496 e. The van der Waals surface area contributed by atoms with Gasteiger partial charge in [0, 0.05) is 6.04 Å². The second kappa shape index (κ2) is 3.62. The Balaban J connectivity index is 2.54. The van der Waals surface area contributed by atoms with E-state index in [1.165, 1.54) is 23.1 Å². The SMILES string of the molecule is COc1cc(C)cc2c1CCCC2N. The number of rotatable bonds is 1. The number of methoxy groups -OCH3 is 1. The monoisotopic (exact) mass is 191 g/mol. The molecule has 76 valence electrons. The maximum absolute atomic E-state index is 6.08. The third-order valence-electron chi connectivity index (χ3n) is 2.95. The molecule has 2 rings (SSSR count). The Kier molecular flexibility index (Phi) is 2.46. The fourth-order valence-electron chi connectivity index (χ4n) is 2.24. The molecular formula is C12H17NO. The van der Waals surface area contributed by atoms with Crippen LogP contribution in [0, 0.1) is 6.92 Å². The van der Waals surface area contributed by atoms with Crippen LogP contribution in [0.1, 0.15) is 35.6 Å². The zero-order chi connectivity index (χ0) is 10.1. The van der Waals surface area contributed by atoms with Crippen LogP contribution in [0.5, 0.6) is 5.75 Å². The highest BCUT2D eigenvalue weighted by molar-refractivity contribution is 5.46. The van der Waals surface area contributed by atoms with Crippen molar-refractivity contribution in [2.75, 3.05) is 7.11 Å². The lowest BCUT2D eigenvalue weighted by Gasteiger charge is -2.24.